The monoisotopic (exact) mass is 330 g/mol. The Labute approximate surface area is 135 Å². The lowest BCUT2D eigenvalue weighted by Gasteiger charge is -2.22. The Morgan fingerprint density at radius 2 is 2.18 bits per heavy atom. The van der Waals surface area contributed by atoms with Gasteiger partial charge in [0.2, 0.25) is 11.2 Å². The average molecular weight is 331 g/mol. The molecule has 1 aromatic carbocycles. The fourth-order valence-electron chi connectivity index (χ4n) is 2.70. The van der Waals surface area contributed by atoms with Gasteiger partial charge in [-0.1, -0.05) is 18.2 Å². The van der Waals surface area contributed by atoms with E-state index in [0.717, 1.165) is 15.3 Å². The zero-order valence-corrected chi connectivity index (χ0v) is 13.3. The molecule has 3 nitrogen and oxygen atoms in total. The highest BCUT2D eigenvalue weighted by atomic mass is 35.5. The number of thiophene rings is 1. The minimum absolute atomic E-state index is 0.206. The molecule has 0 saturated carbocycles. The van der Waals surface area contributed by atoms with E-state index in [4.69, 9.17) is 20.8 Å². The van der Waals surface area contributed by atoms with Gasteiger partial charge in [0.05, 0.1) is 10.3 Å². The fraction of sp³-hybridized carbons (Fsp3) is 0.118. The van der Waals surface area contributed by atoms with E-state index in [-0.39, 0.29) is 17.3 Å². The largest absolute Gasteiger partial charge is 0.474 e. The van der Waals surface area contributed by atoms with Crippen LogP contribution < -0.4 is 10.2 Å². The summed E-state index contributed by atoms with van der Waals surface area (Å²) in [6, 6.07) is 7.06. The molecule has 3 aromatic rings. The van der Waals surface area contributed by atoms with Crippen LogP contribution in [0.5, 0.6) is 5.75 Å². The Morgan fingerprint density at radius 1 is 1.36 bits per heavy atom. The summed E-state index contributed by atoms with van der Waals surface area (Å²) >= 11 is 7.56. The summed E-state index contributed by atoms with van der Waals surface area (Å²) < 4.78 is 11.8. The van der Waals surface area contributed by atoms with Gasteiger partial charge in [-0.15, -0.1) is 11.3 Å². The van der Waals surface area contributed by atoms with Crippen molar-refractivity contribution in [3.63, 3.8) is 0 Å². The number of rotatable bonds is 1. The van der Waals surface area contributed by atoms with Gasteiger partial charge in [-0.25, -0.2) is 0 Å². The maximum atomic E-state index is 12.7. The third-order valence-corrected chi connectivity index (χ3v) is 4.97. The summed E-state index contributed by atoms with van der Waals surface area (Å²) in [5.74, 6) is 0.722. The summed E-state index contributed by atoms with van der Waals surface area (Å²) in [5.41, 5.74) is 1.29. The van der Waals surface area contributed by atoms with Gasteiger partial charge in [-0.3, -0.25) is 4.79 Å². The molecule has 0 spiro atoms. The highest BCUT2D eigenvalue weighted by molar-refractivity contribution is 7.15. The number of benzene rings is 1. The maximum Gasteiger partial charge on any atom is 0.235 e. The minimum Gasteiger partial charge on any atom is -0.474 e. The SMILES string of the molecule is C=CC1Oc2c(oc3ccc(Cl)cc3c2=O)-c2sc(C)cc21. The second-order valence-electron chi connectivity index (χ2n) is 5.15. The first-order valence-electron chi connectivity index (χ1n) is 6.75. The van der Waals surface area contributed by atoms with E-state index in [9.17, 15) is 4.79 Å². The third kappa shape index (κ3) is 1.84. The van der Waals surface area contributed by atoms with Crippen LogP contribution in [0.4, 0.5) is 0 Å². The molecule has 110 valence electrons. The number of halogens is 1. The lowest BCUT2D eigenvalue weighted by Crippen LogP contribution is -2.17. The molecule has 0 N–H and O–H groups in total. The van der Waals surface area contributed by atoms with Crippen LogP contribution >= 0.6 is 22.9 Å². The summed E-state index contributed by atoms with van der Waals surface area (Å²) in [6.07, 6.45) is 1.35. The summed E-state index contributed by atoms with van der Waals surface area (Å²) in [5, 5.41) is 0.911. The molecule has 0 radical (unpaired) electrons. The molecular weight excluding hydrogens is 320 g/mol. The second-order valence-corrected chi connectivity index (χ2v) is 6.84. The van der Waals surface area contributed by atoms with Crippen molar-refractivity contribution < 1.29 is 9.15 Å². The van der Waals surface area contributed by atoms with Crippen LogP contribution in [0.3, 0.4) is 0 Å². The van der Waals surface area contributed by atoms with Crippen molar-refractivity contribution in [2.45, 2.75) is 13.0 Å². The molecule has 1 aliphatic heterocycles. The van der Waals surface area contributed by atoms with Gasteiger partial charge in [0.15, 0.2) is 5.76 Å². The normalized spacial score (nSPS) is 16.0. The van der Waals surface area contributed by atoms with E-state index in [1.807, 2.05) is 13.0 Å². The predicted octanol–water partition coefficient (Wildman–Crippen LogP) is 5.10. The topological polar surface area (TPSA) is 39.4 Å². The van der Waals surface area contributed by atoms with Crippen LogP contribution in [-0.2, 0) is 0 Å². The maximum absolute atomic E-state index is 12.7. The van der Waals surface area contributed by atoms with E-state index < -0.39 is 0 Å². The van der Waals surface area contributed by atoms with Crippen molar-refractivity contribution in [1.82, 2.24) is 0 Å². The van der Waals surface area contributed by atoms with Crippen LogP contribution in [0.1, 0.15) is 16.5 Å². The van der Waals surface area contributed by atoms with Crippen LogP contribution in [0.2, 0.25) is 5.02 Å². The third-order valence-electron chi connectivity index (χ3n) is 3.67. The first-order chi connectivity index (χ1) is 10.6. The number of hydrogen-bond acceptors (Lipinski definition) is 4. The summed E-state index contributed by atoms with van der Waals surface area (Å²) in [4.78, 5) is 14.8. The van der Waals surface area contributed by atoms with Crippen molar-refractivity contribution in [3.8, 4) is 16.4 Å². The molecule has 1 atom stereocenters. The van der Waals surface area contributed by atoms with Crippen molar-refractivity contribution in [1.29, 1.82) is 0 Å². The van der Waals surface area contributed by atoms with Gasteiger partial charge in [0.1, 0.15) is 11.7 Å². The van der Waals surface area contributed by atoms with Gasteiger partial charge in [-0.05, 0) is 37.3 Å². The van der Waals surface area contributed by atoms with Crippen molar-refractivity contribution in [3.05, 3.63) is 62.6 Å². The number of fused-ring (bicyclic) bond motifs is 4. The molecule has 4 rings (SSSR count). The molecule has 0 amide bonds. The first kappa shape index (κ1) is 13.6. The predicted molar refractivity (Wildman–Crippen MR) is 89.1 cm³/mol. The Balaban J connectivity index is 2.11. The molecule has 3 heterocycles. The molecular formula is C17H11ClO3S. The van der Waals surface area contributed by atoms with Crippen LogP contribution in [0.25, 0.3) is 21.6 Å². The second kappa shape index (κ2) is 4.73. The van der Waals surface area contributed by atoms with E-state index in [2.05, 4.69) is 6.58 Å². The quantitative estimate of drug-likeness (QED) is 0.582. The Morgan fingerprint density at radius 3 is 2.95 bits per heavy atom. The molecule has 0 fully saturated rings. The van der Waals surface area contributed by atoms with Gasteiger partial charge < -0.3 is 9.15 Å². The van der Waals surface area contributed by atoms with E-state index in [0.29, 0.717) is 21.8 Å². The highest BCUT2D eigenvalue weighted by Crippen LogP contribution is 2.46. The minimum atomic E-state index is -0.341. The van der Waals surface area contributed by atoms with Crippen LogP contribution in [-0.4, -0.2) is 0 Å². The molecule has 0 saturated heterocycles. The van der Waals surface area contributed by atoms with Crippen molar-refractivity contribution in [2.24, 2.45) is 0 Å². The molecule has 2 aromatic heterocycles. The van der Waals surface area contributed by atoms with Gasteiger partial charge in [-0.2, -0.15) is 0 Å². The van der Waals surface area contributed by atoms with Crippen LogP contribution in [0, 0.1) is 6.92 Å². The van der Waals surface area contributed by atoms with Gasteiger partial charge in [0.25, 0.3) is 0 Å². The van der Waals surface area contributed by atoms with E-state index >= 15 is 0 Å². The van der Waals surface area contributed by atoms with Crippen LogP contribution in [0.15, 0.2) is 46.1 Å². The first-order valence-corrected chi connectivity index (χ1v) is 7.94. The Bertz CT molecular complexity index is 983. The Kier molecular flexibility index (Phi) is 2.93. The standard InChI is InChI=1S/C17H11ClO3S/c1-3-12-11-6-8(2)22-17(11)16-15(20-12)14(19)10-7-9(18)4-5-13(10)21-16/h3-7,12H,1H2,2H3. The van der Waals surface area contributed by atoms with E-state index in [1.54, 1.807) is 35.6 Å². The molecule has 1 aliphatic rings. The molecule has 0 aliphatic carbocycles. The molecule has 1 unspecified atom stereocenters. The Hall–Kier alpha value is -2.04. The zero-order valence-electron chi connectivity index (χ0n) is 11.7. The van der Waals surface area contributed by atoms with Gasteiger partial charge >= 0.3 is 0 Å². The average Bonchev–Trinajstić information content (AvgIpc) is 2.89. The van der Waals surface area contributed by atoms with Gasteiger partial charge in [0, 0.05) is 15.5 Å². The number of aryl methyl sites for hydroxylation is 1. The number of hydrogen-bond donors (Lipinski definition) is 0. The lowest BCUT2D eigenvalue weighted by atomic mass is 10.0. The number of ether oxygens (including phenoxy) is 1. The zero-order chi connectivity index (χ0) is 15.4. The van der Waals surface area contributed by atoms with Crippen molar-refractivity contribution >= 4 is 33.9 Å². The molecule has 5 heteroatoms. The lowest BCUT2D eigenvalue weighted by molar-refractivity contribution is 0.243. The fourth-order valence-corrected chi connectivity index (χ4v) is 3.90. The highest BCUT2D eigenvalue weighted by Gasteiger charge is 2.31. The smallest absolute Gasteiger partial charge is 0.235 e. The molecule has 22 heavy (non-hydrogen) atoms. The van der Waals surface area contributed by atoms with Crippen molar-refractivity contribution in [2.75, 3.05) is 0 Å². The van der Waals surface area contributed by atoms with E-state index in [1.165, 1.54) is 0 Å². The molecule has 0 bridgehead atoms. The summed E-state index contributed by atoms with van der Waals surface area (Å²) in [6.45, 7) is 5.81. The summed E-state index contributed by atoms with van der Waals surface area (Å²) in [7, 11) is 0.